The van der Waals surface area contributed by atoms with Crippen LogP contribution in [0.25, 0.3) is 28.0 Å². The summed E-state index contributed by atoms with van der Waals surface area (Å²) in [5, 5.41) is 19.2. The van der Waals surface area contributed by atoms with Crippen LogP contribution in [0.15, 0.2) is 48.7 Å². The molecule has 1 spiro atoms. The number of fused-ring (bicyclic) bond motifs is 1. The van der Waals surface area contributed by atoms with Crippen molar-refractivity contribution in [2.45, 2.75) is 32.2 Å². The SMILES string of the molecule is Cc1cc(-c2c(-c3cccc(C#N)c3)nn3ccc(C(=O)N4CCC5(CC4)NC(=O)NC5=O)nc23)cc(C)n1. The molecule has 11 nitrogen and oxygen atoms in total. The quantitative estimate of drug-likeness (QED) is 0.395. The number of aromatic nitrogens is 4. The van der Waals surface area contributed by atoms with Gasteiger partial charge in [0.1, 0.15) is 16.9 Å². The van der Waals surface area contributed by atoms with Crippen LogP contribution in [0.1, 0.15) is 40.3 Å². The fraction of sp³-hybridized carbons (Fsp3) is 0.250. The van der Waals surface area contributed by atoms with Gasteiger partial charge in [-0.15, -0.1) is 0 Å². The third-order valence-corrected chi connectivity index (χ3v) is 7.26. The van der Waals surface area contributed by atoms with Crippen molar-refractivity contribution >= 4 is 23.5 Å². The number of nitrogens with one attached hydrogen (secondary N) is 2. The van der Waals surface area contributed by atoms with Gasteiger partial charge in [0.25, 0.3) is 11.8 Å². The molecule has 2 N–H and O–H groups in total. The maximum atomic E-state index is 13.5. The molecular weight excluding hydrogens is 496 g/mol. The molecule has 5 heterocycles. The average molecular weight is 521 g/mol. The van der Waals surface area contributed by atoms with Crippen molar-refractivity contribution in [1.82, 2.24) is 35.1 Å². The van der Waals surface area contributed by atoms with Crippen LogP contribution in [0.2, 0.25) is 0 Å². The van der Waals surface area contributed by atoms with E-state index in [0.717, 1.165) is 28.1 Å². The van der Waals surface area contributed by atoms with Crippen LogP contribution >= 0.6 is 0 Å². The Labute approximate surface area is 223 Å². The Hall–Kier alpha value is -5.11. The molecule has 0 radical (unpaired) electrons. The van der Waals surface area contributed by atoms with Gasteiger partial charge in [-0.05, 0) is 62.6 Å². The van der Waals surface area contributed by atoms with E-state index >= 15 is 0 Å². The summed E-state index contributed by atoms with van der Waals surface area (Å²) in [7, 11) is 0. The number of rotatable bonds is 3. The summed E-state index contributed by atoms with van der Waals surface area (Å²) in [6.07, 6.45) is 2.35. The highest BCUT2D eigenvalue weighted by atomic mass is 16.2. The molecule has 0 saturated carbocycles. The van der Waals surface area contributed by atoms with E-state index in [9.17, 15) is 19.6 Å². The molecule has 0 aliphatic carbocycles. The minimum Gasteiger partial charge on any atom is -0.337 e. The molecule has 0 atom stereocenters. The lowest BCUT2D eigenvalue weighted by atomic mass is 9.87. The normalized spacial score (nSPS) is 16.3. The van der Waals surface area contributed by atoms with Gasteiger partial charge in [0.05, 0.1) is 17.2 Å². The number of nitrogens with zero attached hydrogens (tertiary/aromatic N) is 6. The zero-order valence-corrected chi connectivity index (χ0v) is 21.4. The number of nitriles is 1. The zero-order chi connectivity index (χ0) is 27.3. The summed E-state index contributed by atoms with van der Waals surface area (Å²) in [4.78, 5) is 48.4. The van der Waals surface area contributed by atoms with Crippen molar-refractivity contribution in [3.63, 3.8) is 0 Å². The highest BCUT2D eigenvalue weighted by molar-refractivity contribution is 6.07. The molecule has 4 aromatic rings. The lowest BCUT2D eigenvalue weighted by Crippen LogP contribution is -2.55. The van der Waals surface area contributed by atoms with Gasteiger partial charge in [0.2, 0.25) is 0 Å². The van der Waals surface area contributed by atoms with Gasteiger partial charge in [-0.25, -0.2) is 14.3 Å². The highest BCUT2D eigenvalue weighted by Gasteiger charge is 2.48. The number of imide groups is 1. The Morgan fingerprint density at radius 1 is 1.03 bits per heavy atom. The molecule has 1 aromatic carbocycles. The van der Waals surface area contributed by atoms with E-state index < -0.39 is 11.6 Å². The molecule has 4 amide bonds. The number of aryl methyl sites for hydroxylation is 2. The first-order valence-corrected chi connectivity index (χ1v) is 12.5. The number of benzene rings is 1. The van der Waals surface area contributed by atoms with Crippen molar-refractivity contribution in [3.05, 3.63) is 71.3 Å². The van der Waals surface area contributed by atoms with Crippen molar-refractivity contribution < 1.29 is 14.4 Å². The summed E-state index contributed by atoms with van der Waals surface area (Å²) >= 11 is 0. The highest BCUT2D eigenvalue weighted by Crippen LogP contribution is 2.35. The third kappa shape index (κ3) is 4.16. The molecule has 6 rings (SSSR count). The second-order valence-electron chi connectivity index (χ2n) is 9.92. The van der Waals surface area contributed by atoms with Gasteiger partial charge in [-0.3, -0.25) is 19.9 Å². The minimum absolute atomic E-state index is 0.249. The number of amides is 4. The number of hydrogen-bond donors (Lipinski definition) is 2. The van der Waals surface area contributed by atoms with Gasteiger partial charge in [-0.2, -0.15) is 10.4 Å². The summed E-state index contributed by atoms with van der Waals surface area (Å²) < 4.78 is 1.63. The van der Waals surface area contributed by atoms with Crippen LogP contribution in [0.5, 0.6) is 0 Å². The summed E-state index contributed by atoms with van der Waals surface area (Å²) in [5.41, 5.74) is 4.94. The van der Waals surface area contributed by atoms with Gasteiger partial charge in [-0.1, -0.05) is 12.1 Å². The second kappa shape index (κ2) is 9.02. The van der Waals surface area contributed by atoms with Crippen molar-refractivity contribution in [2.24, 2.45) is 0 Å². The summed E-state index contributed by atoms with van der Waals surface area (Å²) in [5.74, 6) is -0.613. The average Bonchev–Trinajstić information content (AvgIpc) is 3.44. The zero-order valence-electron chi connectivity index (χ0n) is 21.4. The number of carbonyl (C=O) groups excluding carboxylic acids is 3. The first-order valence-electron chi connectivity index (χ1n) is 12.5. The molecule has 2 aliphatic heterocycles. The maximum Gasteiger partial charge on any atom is 0.322 e. The first kappa shape index (κ1) is 24.2. The predicted molar refractivity (Wildman–Crippen MR) is 140 cm³/mol. The van der Waals surface area contributed by atoms with Crippen LogP contribution in [0.3, 0.4) is 0 Å². The lowest BCUT2D eigenvalue weighted by molar-refractivity contribution is -0.125. The second-order valence-corrected chi connectivity index (χ2v) is 9.92. The standard InChI is InChI=1S/C28H24N8O3/c1-16-12-20(13-17(2)30-16)22-23(19-5-3-4-18(14-19)15-29)34-36-9-6-21(31-24(22)36)25(37)35-10-7-28(8-11-35)26(38)32-27(39)33-28/h3-6,9,12-14H,7-8,10-11H2,1-2H3,(H2,32,33,38,39). The largest absolute Gasteiger partial charge is 0.337 e. The van der Waals surface area contributed by atoms with E-state index in [0.29, 0.717) is 42.8 Å². The summed E-state index contributed by atoms with van der Waals surface area (Å²) in [6.45, 7) is 4.44. The van der Waals surface area contributed by atoms with Crippen LogP contribution in [-0.4, -0.2) is 61.0 Å². The number of urea groups is 1. The number of likely N-dealkylation sites (tertiary alicyclic amines) is 1. The lowest BCUT2D eigenvalue weighted by Gasteiger charge is -2.36. The van der Waals surface area contributed by atoms with Crippen LogP contribution in [-0.2, 0) is 4.79 Å². The van der Waals surface area contributed by atoms with E-state index in [1.807, 2.05) is 38.1 Å². The molecule has 11 heteroatoms. The molecule has 194 valence electrons. The van der Waals surface area contributed by atoms with Crippen molar-refractivity contribution in [2.75, 3.05) is 13.1 Å². The molecule has 2 aliphatic rings. The van der Waals surface area contributed by atoms with Crippen molar-refractivity contribution in [3.8, 4) is 28.5 Å². The Morgan fingerprint density at radius 2 is 1.77 bits per heavy atom. The van der Waals surface area contributed by atoms with Crippen LogP contribution < -0.4 is 10.6 Å². The van der Waals surface area contributed by atoms with Gasteiger partial charge in [0.15, 0.2) is 5.65 Å². The Bertz CT molecular complexity index is 1710. The fourth-order valence-electron chi connectivity index (χ4n) is 5.36. The van der Waals surface area contributed by atoms with Crippen LogP contribution in [0.4, 0.5) is 4.79 Å². The van der Waals surface area contributed by atoms with Crippen molar-refractivity contribution in [1.29, 1.82) is 5.26 Å². The fourth-order valence-corrected chi connectivity index (χ4v) is 5.36. The summed E-state index contributed by atoms with van der Waals surface area (Å²) in [6, 6.07) is 14.4. The molecule has 2 saturated heterocycles. The van der Waals surface area contributed by atoms with E-state index in [4.69, 9.17) is 10.1 Å². The molecular formula is C28H24N8O3. The Kier molecular flexibility index (Phi) is 5.61. The van der Waals surface area contributed by atoms with E-state index in [1.165, 1.54) is 0 Å². The van der Waals surface area contributed by atoms with Crippen LogP contribution in [0, 0.1) is 25.2 Å². The molecule has 0 unspecified atom stereocenters. The van der Waals surface area contributed by atoms with E-state index in [-0.39, 0.29) is 17.5 Å². The molecule has 3 aromatic heterocycles. The number of carbonyl (C=O) groups is 3. The first-order chi connectivity index (χ1) is 18.8. The van der Waals surface area contributed by atoms with E-state index in [2.05, 4.69) is 21.7 Å². The van der Waals surface area contributed by atoms with Gasteiger partial charge in [0, 0.05) is 36.2 Å². The smallest absolute Gasteiger partial charge is 0.322 e. The number of pyridine rings is 1. The number of hydrogen-bond acceptors (Lipinski definition) is 7. The van der Waals surface area contributed by atoms with Gasteiger partial charge < -0.3 is 10.2 Å². The Morgan fingerprint density at radius 3 is 2.44 bits per heavy atom. The molecule has 2 fully saturated rings. The number of piperidine rings is 1. The topological polar surface area (TPSA) is 145 Å². The maximum absolute atomic E-state index is 13.5. The van der Waals surface area contributed by atoms with E-state index in [1.54, 1.807) is 33.8 Å². The molecule has 39 heavy (non-hydrogen) atoms. The Balaban J connectivity index is 1.41. The minimum atomic E-state index is -0.964. The third-order valence-electron chi connectivity index (χ3n) is 7.26. The molecule has 0 bridgehead atoms. The monoisotopic (exact) mass is 520 g/mol. The van der Waals surface area contributed by atoms with Gasteiger partial charge >= 0.3 is 6.03 Å². The predicted octanol–water partition coefficient (Wildman–Crippen LogP) is 2.76.